The summed E-state index contributed by atoms with van der Waals surface area (Å²) in [4.78, 5) is 28.3. The molecule has 146 valence electrons. The van der Waals surface area contributed by atoms with Crippen LogP contribution in [0.15, 0.2) is 30.3 Å². The largest absolute Gasteiger partial charge is 0.352 e. The molecule has 1 heterocycles. The van der Waals surface area contributed by atoms with Gasteiger partial charge in [-0.15, -0.1) is 0 Å². The van der Waals surface area contributed by atoms with E-state index in [0.29, 0.717) is 25.7 Å². The van der Waals surface area contributed by atoms with E-state index < -0.39 is 0 Å². The van der Waals surface area contributed by atoms with E-state index in [2.05, 4.69) is 55.3 Å². The number of carbonyl (C=O) groups excluding carboxylic acids is 2. The molecule has 1 saturated heterocycles. The minimum absolute atomic E-state index is 0.0389. The van der Waals surface area contributed by atoms with E-state index in [-0.39, 0.29) is 17.2 Å². The number of nitrogens with zero attached hydrogens (tertiary/aromatic N) is 2. The lowest BCUT2D eigenvalue weighted by Gasteiger charge is -2.33. The molecule has 1 saturated carbocycles. The zero-order valence-electron chi connectivity index (χ0n) is 16.7. The van der Waals surface area contributed by atoms with Gasteiger partial charge in [-0.25, -0.2) is 0 Å². The number of carbonyl (C=O) groups is 2. The molecule has 1 aromatic carbocycles. The molecule has 1 N–H and O–H groups in total. The van der Waals surface area contributed by atoms with Crippen LogP contribution in [0.2, 0.25) is 0 Å². The molecule has 0 unspecified atom stereocenters. The predicted octanol–water partition coefficient (Wildman–Crippen LogP) is 2.42. The molecule has 2 fully saturated rings. The summed E-state index contributed by atoms with van der Waals surface area (Å²) in [6.45, 7) is 9.85. The van der Waals surface area contributed by atoms with Crippen LogP contribution in [-0.4, -0.2) is 60.4 Å². The van der Waals surface area contributed by atoms with Crippen molar-refractivity contribution in [2.24, 2.45) is 0 Å². The third kappa shape index (κ3) is 5.93. The summed E-state index contributed by atoms with van der Waals surface area (Å²) in [6.07, 6.45) is 5.75. The van der Waals surface area contributed by atoms with Gasteiger partial charge in [-0.1, -0.05) is 45.0 Å². The normalized spacial score (nSPS) is 18.7. The summed E-state index contributed by atoms with van der Waals surface area (Å²) >= 11 is 0. The lowest BCUT2D eigenvalue weighted by molar-refractivity contribution is -0.128. The molecule has 2 aliphatic rings. The Balaban J connectivity index is 1.44. The number of hydrogen-bond acceptors (Lipinski definition) is 3. The van der Waals surface area contributed by atoms with E-state index in [1.54, 1.807) is 6.08 Å². The second-order valence-electron chi connectivity index (χ2n) is 8.65. The minimum Gasteiger partial charge on any atom is -0.352 e. The Morgan fingerprint density at radius 2 is 1.70 bits per heavy atom. The lowest BCUT2D eigenvalue weighted by atomic mass is 9.87. The van der Waals surface area contributed by atoms with Gasteiger partial charge in [0.15, 0.2) is 0 Å². The predicted molar refractivity (Wildman–Crippen MR) is 108 cm³/mol. The van der Waals surface area contributed by atoms with Crippen molar-refractivity contribution in [2.45, 2.75) is 45.1 Å². The number of hydrogen-bond donors (Lipinski definition) is 1. The molecule has 5 nitrogen and oxygen atoms in total. The van der Waals surface area contributed by atoms with Gasteiger partial charge in [0, 0.05) is 38.3 Å². The van der Waals surface area contributed by atoms with E-state index in [0.717, 1.165) is 31.5 Å². The molecular formula is C22H31N3O2. The minimum atomic E-state index is 0.0389. The van der Waals surface area contributed by atoms with Gasteiger partial charge in [0.05, 0.1) is 6.54 Å². The highest BCUT2D eigenvalue weighted by Crippen LogP contribution is 2.22. The second-order valence-corrected chi connectivity index (χ2v) is 8.65. The first-order chi connectivity index (χ1) is 12.8. The van der Waals surface area contributed by atoms with Gasteiger partial charge in [0.1, 0.15) is 0 Å². The van der Waals surface area contributed by atoms with Crippen LogP contribution < -0.4 is 5.32 Å². The van der Waals surface area contributed by atoms with Crippen LogP contribution in [0.25, 0.3) is 6.08 Å². The van der Waals surface area contributed by atoms with Crippen molar-refractivity contribution in [1.82, 2.24) is 15.1 Å². The maximum Gasteiger partial charge on any atom is 0.246 e. The third-order valence-corrected chi connectivity index (χ3v) is 5.19. The fourth-order valence-electron chi connectivity index (χ4n) is 3.20. The van der Waals surface area contributed by atoms with Gasteiger partial charge in [0.25, 0.3) is 0 Å². The Morgan fingerprint density at radius 1 is 1.07 bits per heavy atom. The molecule has 0 bridgehead atoms. The van der Waals surface area contributed by atoms with Crippen LogP contribution in [0.4, 0.5) is 0 Å². The van der Waals surface area contributed by atoms with Crippen molar-refractivity contribution in [1.29, 1.82) is 0 Å². The zero-order valence-corrected chi connectivity index (χ0v) is 16.7. The maximum absolute atomic E-state index is 12.4. The number of rotatable bonds is 5. The average Bonchev–Trinajstić information content (AvgIpc) is 3.43. The van der Waals surface area contributed by atoms with Gasteiger partial charge in [-0.05, 0) is 35.5 Å². The fourth-order valence-corrected chi connectivity index (χ4v) is 3.20. The van der Waals surface area contributed by atoms with E-state index in [9.17, 15) is 9.59 Å². The Labute approximate surface area is 162 Å². The fraction of sp³-hybridized carbons (Fsp3) is 0.545. The highest BCUT2D eigenvalue weighted by Gasteiger charge is 2.25. The van der Waals surface area contributed by atoms with Gasteiger partial charge in [-0.3, -0.25) is 14.5 Å². The summed E-state index contributed by atoms with van der Waals surface area (Å²) in [5.74, 6) is 0.146. The van der Waals surface area contributed by atoms with Crippen molar-refractivity contribution in [3.8, 4) is 0 Å². The first-order valence-electron chi connectivity index (χ1n) is 9.90. The standard InChI is InChI=1S/C22H31N3O2/c1-22(2,3)18-7-4-17(5-8-18)6-11-21(27)25-14-12-24(13-15-25)16-20(26)23-19-9-10-19/h4-8,11,19H,9-10,12-16H2,1-3H3,(H,23,26). The van der Waals surface area contributed by atoms with Crippen molar-refractivity contribution in [2.75, 3.05) is 32.7 Å². The molecule has 27 heavy (non-hydrogen) atoms. The molecule has 5 heteroatoms. The highest BCUT2D eigenvalue weighted by atomic mass is 16.2. The first kappa shape index (κ1) is 19.6. The second kappa shape index (κ2) is 8.26. The van der Waals surface area contributed by atoms with Crippen LogP contribution >= 0.6 is 0 Å². The summed E-state index contributed by atoms with van der Waals surface area (Å²) in [6, 6.07) is 8.76. The van der Waals surface area contributed by atoms with E-state index in [4.69, 9.17) is 0 Å². The van der Waals surface area contributed by atoms with Crippen molar-refractivity contribution in [3.05, 3.63) is 41.5 Å². The molecule has 3 rings (SSSR count). The number of amides is 2. The highest BCUT2D eigenvalue weighted by molar-refractivity contribution is 5.91. The Kier molecular flexibility index (Phi) is 6.00. The quantitative estimate of drug-likeness (QED) is 0.811. The Bertz CT molecular complexity index is 691. The number of piperazine rings is 1. The van der Waals surface area contributed by atoms with Crippen molar-refractivity contribution in [3.63, 3.8) is 0 Å². The monoisotopic (exact) mass is 369 g/mol. The van der Waals surface area contributed by atoms with E-state index >= 15 is 0 Å². The van der Waals surface area contributed by atoms with Crippen molar-refractivity contribution >= 4 is 17.9 Å². The molecule has 1 aromatic rings. The SMILES string of the molecule is CC(C)(C)c1ccc(C=CC(=O)N2CCN(CC(=O)NC3CC3)CC2)cc1. The lowest BCUT2D eigenvalue weighted by Crippen LogP contribution is -2.51. The molecular weight excluding hydrogens is 338 g/mol. The molecule has 0 radical (unpaired) electrons. The molecule has 1 aliphatic heterocycles. The van der Waals surface area contributed by atoms with Gasteiger partial charge in [0.2, 0.25) is 11.8 Å². The summed E-state index contributed by atoms with van der Waals surface area (Å²) in [7, 11) is 0. The summed E-state index contributed by atoms with van der Waals surface area (Å²) in [5.41, 5.74) is 2.45. The Morgan fingerprint density at radius 3 is 2.26 bits per heavy atom. The Hall–Kier alpha value is -2.14. The van der Waals surface area contributed by atoms with Gasteiger partial charge in [-0.2, -0.15) is 0 Å². The molecule has 2 amide bonds. The number of benzene rings is 1. The van der Waals surface area contributed by atoms with Crippen LogP contribution in [-0.2, 0) is 15.0 Å². The summed E-state index contributed by atoms with van der Waals surface area (Å²) in [5, 5.41) is 3.01. The van der Waals surface area contributed by atoms with Crippen LogP contribution in [0.5, 0.6) is 0 Å². The molecule has 0 spiro atoms. The van der Waals surface area contributed by atoms with Gasteiger partial charge >= 0.3 is 0 Å². The third-order valence-electron chi connectivity index (χ3n) is 5.19. The maximum atomic E-state index is 12.4. The molecule has 1 aliphatic carbocycles. The van der Waals surface area contributed by atoms with E-state index in [1.165, 1.54) is 5.56 Å². The van der Waals surface area contributed by atoms with Crippen LogP contribution in [0.1, 0.15) is 44.7 Å². The smallest absolute Gasteiger partial charge is 0.246 e. The summed E-state index contributed by atoms with van der Waals surface area (Å²) < 4.78 is 0. The number of nitrogens with one attached hydrogen (secondary N) is 1. The topological polar surface area (TPSA) is 52.7 Å². The molecule has 0 atom stereocenters. The van der Waals surface area contributed by atoms with Crippen LogP contribution in [0, 0.1) is 0 Å². The van der Waals surface area contributed by atoms with Crippen LogP contribution in [0.3, 0.4) is 0 Å². The zero-order chi connectivity index (χ0) is 19.4. The van der Waals surface area contributed by atoms with E-state index in [1.807, 2.05) is 11.0 Å². The average molecular weight is 370 g/mol. The first-order valence-corrected chi connectivity index (χ1v) is 9.90. The van der Waals surface area contributed by atoms with Crippen molar-refractivity contribution < 1.29 is 9.59 Å². The molecule has 0 aromatic heterocycles. The van der Waals surface area contributed by atoms with Gasteiger partial charge < -0.3 is 10.2 Å².